The summed E-state index contributed by atoms with van der Waals surface area (Å²) in [6, 6.07) is 11.0. The third kappa shape index (κ3) is 3.24. The van der Waals surface area contributed by atoms with Crippen LogP contribution in [0.15, 0.2) is 60.1 Å². The van der Waals surface area contributed by atoms with Gasteiger partial charge in [0.1, 0.15) is 0 Å². The molecule has 2 N–H and O–H groups in total. The average Bonchev–Trinajstić information content (AvgIpc) is 2.96. The molecule has 1 aromatic carbocycles. The first-order chi connectivity index (χ1) is 10.3. The van der Waals surface area contributed by atoms with Crippen molar-refractivity contribution in [2.75, 3.05) is 5.32 Å². The highest BCUT2D eigenvalue weighted by Gasteiger charge is 2.03. The maximum atomic E-state index is 11.6. The van der Waals surface area contributed by atoms with E-state index in [4.69, 9.17) is 4.84 Å². The summed E-state index contributed by atoms with van der Waals surface area (Å²) in [6.45, 7) is 0. The number of anilines is 1. The van der Waals surface area contributed by atoms with Crippen LogP contribution in [0, 0.1) is 0 Å². The molecule has 3 rings (SSSR count). The van der Waals surface area contributed by atoms with Crippen molar-refractivity contribution in [2.45, 2.75) is 0 Å². The van der Waals surface area contributed by atoms with Crippen LogP contribution in [-0.2, 0) is 4.84 Å². The number of rotatable bonds is 3. The lowest BCUT2D eigenvalue weighted by Gasteiger charge is -2.02. The molecular formula is C15H12N4O2. The van der Waals surface area contributed by atoms with Crippen LogP contribution in [0.5, 0.6) is 0 Å². The van der Waals surface area contributed by atoms with Crippen LogP contribution in [0.4, 0.5) is 10.5 Å². The van der Waals surface area contributed by atoms with Gasteiger partial charge in [0.25, 0.3) is 0 Å². The summed E-state index contributed by atoms with van der Waals surface area (Å²) >= 11 is 0. The number of pyridine rings is 1. The lowest BCUT2D eigenvalue weighted by atomic mass is 10.2. The van der Waals surface area contributed by atoms with Gasteiger partial charge in [-0.2, -0.15) is 0 Å². The number of nitrogens with zero attached hydrogens (tertiary/aromatic N) is 2. The minimum absolute atomic E-state index is 0.642. The number of oxime groups is 1. The first-order valence-electron chi connectivity index (χ1n) is 6.30. The highest BCUT2D eigenvalue weighted by atomic mass is 16.7. The van der Waals surface area contributed by atoms with Crippen LogP contribution in [0.2, 0.25) is 0 Å². The molecule has 6 heteroatoms. The summed E-state index contributed by atoms with van der Waals surface area (Å²) in [7, 11) is 0. The zero-order chi connectivity index (χ0) is 14.5. The van der Waals surface area contributed by atoms with Gasteiger partial charge in [0.15, 0.2) is 0 Å². The number of aromatic nitrogens is 2. The molecule has 2 aromatic heterocycles. The second-order valence-electron chi connectivity index (χ2n) is 4.30. The van der Waals surface area contributed by atoms with Gasteiger partial charge in [-0.15, -0.1) is 0 Å². The highest BCUT2D eigenvalue weighted by molar-refractivity contribution is 5.90. The Morgan fingerprint density at radius 1 is 1.33 bits per heavy atom. The molecule has 104 valence electrons. The summed E-state index contributed by atoms with van der Waals surface area (Å²) in [5.41, 5.74) is 2.39. The van der Waals surface area contributed by atoms with Gasteiger partial charge in [0.2, 0.25) is 0 Å². The van der Waals surface area contributed by atoms with E-state index >= 15 is 0 Å². The standard InChI is InChI=1S/C15H12N4O2/c20-15(21-18-10-11-2-1-6-16-9-11)19-13-3-4-14-12(8-13)5-7-17-14/h1-10,17H,(H,19,20)/b18-10+. The first kappa shape index (κ1) is 12.9. The number of H-pyrrole nitrogens is 1. The number of aromatic amines is 1. The van der Waals surface area contributed by atoms with Crippen molar-refractivity contribution in [2.24, 2.45) is 5.16 Å². The third-order valence-electron chi connectivity index (χ3n) is 2.82. The molecule has 2 heterocycles. The van der Waals surface area contributed by atoms with E-state index in [2.05, 4.69) is 20.4 Å². The summed E-state index contributed by atoms with van der Waals surface area (Å²) in [6.07, 6.45) is 5.88. The Hall–Kier alpha value is -3.15. The lowest BCUT2D eigenvalue weighted by Crippen LogP contribution is -2.10. The van der Waals surface area contributed by atoms with E-state index in [0.29, 0.717) is 5.69 Å². The van der Waals surface area contributed by atoms with Gasteiger partial charge in [0, 0.05) is 40.7 Å². The lowest BCUT2D eigenvalue weighted by molar-refractivity contribution is 0.167. The van der Waals surface area contributed by atoms with Crippen molar-refractivity contribution in [1.82, 2.24) is 9.97 Å². The Kier molecular flexibility index (Phi) is 3.60. The molecule has 0 bridgehead atoms. The molecule has 0 atom stereocenters. The van der Waals surface area contributed by atoms with E-state index in [9.17, 15) is 4.79 Å². The van der Waals surface area contributed by atoms with E-state index in [-0.39, 0.29) is 0 Å². The van der Waals surface area contributed by atoms with Gasteiger partial charge in [-0.1, -0.05) is 11.2 Å². The Bertz CT molecular complexity index is 780. The Morgan fingerprint density at radius 3 is 3.14 bits per heavy atom. The summed E-state index contributed by atoms with van der Waals surface area (Å²) in [5.74, 6) is 0. The fraction of sp³-hybridized carbons (Fsp3) is 0. The zero-order valence-electron chi connectivity index (χ0n) is 11.0. The van der Waals surface area contributed by atoms with Crippen LogP contribution < -0.4 is 5.32 Å². The van der Waals surface area contributed by atoms with Crippen molar-refractivity contribution < 1.29 is 9.63 Å². The Morgan fingerprint density at radius 2 is 2.29 bits per heavy atom. The van der Waals surface area contributed by atoms with Crippen LogP contribution >= 0.6 is 0 Å². The first-order valence-corrected chi connectivity index (χ1v) is 6.30. The van der Waals surface area contributed by atoms with Crippen molar-refractivity contribution in [3.63, 3.8) is 0 Å². The third-order valence-corrected chi connectivity index (χ3v) is 2.82. The average molecular weight is 280 g/mol. The predicted molar refractivity (Wildman–Crippen MR) is 80.2 cm³/mol. The number of carbonyl (C=O) groups excluding carboxylic acids is 1. The molecule has 0 saturated carbocycles. The maximum absolute atomic E-state index is 11.6. The highest BCUT2D eigenvalue weighted by Crippen LogP contribution is 2.17. The fourth-order valence-corrected chi connectivity index (χ4v) is 1.86. The van der Waals surface area contributed by atoms with Crippen molar-refractivity contribution >= 4 is 28.9 Å². The molecule has 0 unspecified atom stereocenters. The van der Waals surface area contributed by atoms with Crippen molar-refractivity contribution in [3.8, 4) is 0 Å². The van der Waals surface area contributed by atoms with E-state index < -0.39 is 6.09 Å². The van der Waals surface area contributed by atoms with Crippen LogP contribution in [-0.4, -0.2) is 22.3 Å². The Balaban J connectivity index is 1.60. The number of benzene rings is 1. The monoisotopic (exact) mass is 280 g/mol. The number of hydrogen-bond acceptors (Lipinski definition) is 4. The van der Waals surface area contributed by atoms with E-state index in [0.717, 1.165) is 16.5 Å². The minimum atomic E-state index is -0.648. The second kappa shape index (κ2) is 5.87. The van der Waals surface area contributed by atoms with Crippen molar-refractivity contribution in [3.05, 3.63) is 60.6 Å². The second-order valence-corrected chi connectivity index (χ2v) is 4.30. The smallest absolute Gasteiger partial charge is 0.361 e. The van der Waals surface area contributed by atoms with Gasteiger partial charge in [-0.05, 0) is 30.3 Å². The van der Waals surface area contributed by atoms with Crippen LogP contribution in [0.3, 0.4) is 0 Å². The van der Waals surface area contributed by atoms with E-state index in [1.165, 1.54) is 6.21 Å². The van der Waals surface area contributed by atoms with Gasteiger partial charge in [-0.25, -0.2) is 4.79 Å². The minimum Gasteiger partial charge on any atom is -0.361 e. The molecular weight excluding hydrogens is 268 g/mol. The van der Waals surface area contributed by atoms with Crippen molar-refractivity contribution in [1.29, 1.82) is 0 Å². The quantitative estimate of drug-likeness (QED) is 0.439. The Labute approximate surface area is 120 Å². The molecule has 0 aliphatic rings. The molecule has 0 fully saturated rings. The topological polar surface area (TPSA) is 79.4 Å². The molecule has 0 spiro atoms. The van der Waals surface area contributed by atoms with E-state index in [1.54, 1.807) is 30.6 Å². The van der Waals surface area contributed by atoms with Crippen LogP contribution in [0.25, 0.3) is 10.9 Å². The SMILES string of the molecule is O=C(Nc1ccc2[nH]ccc2c1)O/N=C/c1cccnc1. The van der Waals surface area contributed by atoms with E-state index in [1.807, 2.05) is 24.4 Å². The number of fused-ring (bicyclic) bond motifs is 1. The molecule has 0 aliphatic carbocycles. The summed E-state index contributed by atoms with van der Waals surface area (Å²) < 4.78 is 0. The molecule has 6 nitrogen and oxygen atoms in total. The van der Waals surface area contributed by atoms with Gasteiger partial charge in [0.05, 0.1) is 6.21 Å². The number of hydrogen-bond donors (Lipinski definition) is 2. The maximum Gasteiger partial charge on any atom is 0.437 e. The number of carbonyl (C=O) groups is 1. The number of nitrogens with one attached hydrogen (secondary N) is 2. The fourth-order valence-electron chi connectivity index (χ4n) is 1.86. The zero-order valence-corrected chi connectivity index (χ0v) is 11.0. The normalized spacial score (nSPS) is 10.9. The summed E-state index contributed by atoms with van der Waals surface area (Å²) in [5, 5.41) is 7.22. The molecule has 1 amide bonds. The molecule has 21 heavy (non-hydrogen) atoms. The number of amides is 1. The molecule has 0 radical (unpaired) electrons. The van der Waals surface area contributed by atoms with Crippen LogP contribution in [0.1, 0.15) is 5.56 Å². The summed E-state index contributed by atoms with van der Waals surface area (Å²) in [4.78, 5) is 23.3. The van der Waals surface area contributed by atoms with Gasteiger partial charge >= 0.3 is 6.09 Å². The van der Waals surface area contributed by atoms with Gasteiger partial charge in [-0.3, -0.25) is 15.1 Å². The predicted octanol–water partition coefficient (Wildman–Crippen LogP) is 3.15. The van der Waals surface area contributed by atoms with Gasteiger partial charge < -0.3 is 4.98 Å². The molecule has 0 saturated heterocycles. The largest absolute Gasteiger partial charge is 0.437 e. The molecule has 3 aromatic rings. The molecule has 0 aliphatic heterocycles.